The molecule has 0 fully saturated rings. The SMILES string of the molecule is CCCOC(=O)C(C)NC(=O)Cc1cccs1. The molecule has 1 aromatic heterocycles. The fourth-order valence-electron chi connectivity index (χ4n) is 1.25. The second kappa shape index (κ2) is 7.06. The molecule has 0 spiro atoms. The molecule has 1 heterocycles. The van der Waals surface area contributed by atoms with Crippen LogP contribution in [0, 0.1) is 0 Å². The summed E-state index contributed by atoms with van der Waals surface area (Å²) in [5, 5.41) is 4.54. The Bertz CT molecular complexity index is 362. The minimum absolute atomic E-state index is 0.159. The fourth-order valence-corrected chi connectivity index (χ4v) is 1.95. The summed E-state index contributed by atoms with van der Waals surface area (Å²) in [4.78, 5) is 24.0. The van der Waals surface area contributed by atoms with Crippen molar-refractivity contribution in [2.24, 2.45) is 0 Å². The third kappa shape index (κ3) is 4.99. The van der Waals surface area contributed by atoms with Gasteiger partial charge in [-0.25, -0.2) is 4.79 Å². The molecule has 1 N–H and O–H groups in total. The van der Waals surface area contributed by atoms with E-state index in [4.69, 9.17) is 4.74 Å². The molecule has 17 heavy (non-hydrogen) atoms. The van der Waals surface area contributed by atoms with E-state index in [2.05, 4.69) is 5.32 Å². The second-order valence-electron chi connectivity index (χ2n) is 3.71. The van der Waals surface area contributed by atoms with Crippen molar-refractivity contribution < 1.29 is 14.3 Å². The third-order valence-electron chi connectivity index (χ3n) is 2.09. The highest BCUT2D eigenvalue weighted by Gasteiger charge is 2.16. The van der Waals surface area contributed by atoms with Crippen LogP contribution >= 0.6 is 11.3 Å². The average molecular weight is 255 g/mol. The summed E-state index contributed by atoms with van der Waals surface area (Å²) < 4.78 is 4.94. The molecule has 1 aromatic rings. The Morgan fingerprint density at radius 3 is 2.88 bits per heavy atom. The molecule has 0 radical (unpaired) electrons. The van der Waals surface area contributed by atoms with E-state index in [-0.39, 0.29) is 11.9 Å². The summed E-state index contributed by atoms with van der Waals surface area (Å²) in [7, 11) is 0. The van der Waals surface area contributed by atoms with Gasteiger partial charge in [-0.1, -0.05) is 13.0 Å². The van der Waals surface area contributed by atoms with Crippen molar-refractivity contribution >= 4 is 23.2 Å². The van der Waals surface area contributed by atoms with Crippen molar-refractivity contribution in [1.82, 2.24) is 5.32 Å². The van der Waals surface area contributed by atoms with Crippen molar-refractivity contribution in [3.63, 3.8) is 0 Å². The molecular formula is C12H17NO3S. The molecule has 1 unspecified atom stereocenters. The molecule has 94 valence electrons. The molecule has 1 atom stereocenters. The molecular weight excluding hydrogens is 238 g/mol. The van der Waals surface area contributed by atoms with E-state index < -0.39 is 6.04 Å². The predicted octanol–water partition coefficient (Wildman–Crippen LogP) is 1.75. The van der Waals surface area contributed by atoms with Gasteiger partial charge in [-0.3, -0.25) is 4.79 Å². The number of esters is 1. The van der Waals surface area contributed by atoms with Gasteiger partial charge in [0.25, 0.3) is 0 Å². The summed E-state index contributed by atoms with van der Waals surface area (Å²) in [6.45, 7) is 3.95. The van der Waals surface area contributed by atoms with Crippen molar-refractivity contribution in [1.29, 1.82) is 0 Å². The molecule has 0 saturated heterocycles. The molecule has 0 aromatic carbocycles. The first kappa shape index (κ1) is 13.7. The van der Waals surface area contributed by atoms with Crippen molar-refractivity contribution in [2.45, 2.75) is 32.7 Å². The van der Waals surface area contributed by atoms with Crippen LogP contribution < -0.4 is 5.32 Å². The zero-order valence-corrected chi connectivity index (χ0v) is 10.9. The average Bonchev–Trinajstić information content (AvgIpc) is 2.78. The zero-order chi connectivity index (χ0) is 12.7. The molecule has 0 bridgehead atoms. The minimum atomic E-state index is -0.589. The topological polar surface area (TPSA) is 55.4 Å². The van der Waals surface area contributed by atoms with Gasteiger partial charge in [0.05, 0.1) is 13.0 Å². The number of hydrogen-bond acceptors (Lipinski definition) is 4. The van der Waals surface area contributed by atoms with E-state index in [9.17, 15) is 9.59 Å². The molecule has 0 saturated carbocycles. The molecule has 4 nitrogen and oxygen atoms in total. The highest BCUT2D eigenvalue weighted by molar-refractivity contribution is 7.10. The second-order valence-corrected chi connectivity index (χ2v) is 4.75. The van der Waals surface area contributed by atoms with Crippen LogP contribution in [0.4, 0.5) is 0 Å². The number of rotatable bonds is 6. The number of carbonyl (C=O) groups excluding carboxylic acids is 2. The maximum absolute atomic E-state index is 11.6. The van der Waals surface area contributed by atoms with Crippen molar-refractivity contribution in [3.05, 3.63) is 22.4 Å². The summed E-state index contributed by atoms with van der Waals surface area (Å²) in [6, 6.07) is 3.20. The van der Waals surface area contributed by atoms with Gasteiger partial charge in [-0.15, -0.1) is 11.3 Å². The lowest BCUT2D eigenvalue weighted by Gasteiger charge is -2.12. The first-order valence-electron chi connectivity index (χ1n) is 5.62. The van der Waals surface area contributed by atoms with Gasteiger partial charge in [-0.2, -0.15) is 0 Å². The van der Waals surface area contributed by atoms with Crippen LogP contribution in [0.3, 0.4) is 0 Å². The number of hydrogen-bond donors (Lipinski definition) is 1. The van der Waals surface area contributed by atoms with Gasteiger partial charge in [-0.05, 0) is 24.8 Å². The lowest BCUT2D eigenvalue weighted by Crippen LogP contribution is -2.40. The standard InChI is InChI=1S/C12H17NO3S/c1-3-6-16-12(15)9(2)13-11(14)8-10-5-4-7-17-10/h4-5,7,9H,3,6,8H2,1-2H3,(H,13,14). The van der Waals surface area contributed by atoms with Crippen LogP contribution in [0.25, 0.3) is 0 Å². The van der Waals surface area contributed by atoms with Gasteiger partial charge in [0.15, 0.2) is 0 Å². The van der Waals surface area contributed by atoms with E-state index in [1.165, 1.54) is 11.3 Å². The number of nitrogens with one attached hydrogen (secondary N) is 1. The van der Waals surface area contributed by atoms with E-state index in [0.29, 0.717) is 13.0 Å². The molecule has 1 rings (SSSR count). The van der Waals surface area contributed by atoms with Crippen LogP contribution in [-0.4, -0.2) is 24.5 Å². The predicted molar refractivity (Wildman–Crippen MR) is 66.9 cm³/mol. The van der Waals surface area contributed by atoms with E-state index >= 15 is 0 Å². The quantitative estimate of drug-likeness (QED) is 0.788. The van der Waals surface area contributed by atoms with E-state index in [1.807, 2.05) is 24.4 Å². The monoisotopic (exact) mass is 255 g/mol. The van der Waals surface area contributed by atoms with Gasteiger partial charge >= 0.3 is 5.97 Å². The Kier molecular flexibility index (Phi) is 5.69. The zero-order valence-electron chi connectivity index (χ0n) is 10.1. The van der Waals surface area contributed by atoms with Gasteiger partial charge in [0.1, 0.15) is 6.04 Å². The van der Waals surface area contributed by atoms with Crippen molar-refractivity contribution in [2.75, 3.05) is 6.61 Å². The Morgan fingerprint density at radius 1 is 1.53 bits per heavy atom. The smallest absolute Gasteiger partial charge is 0.328 e. The Morgan fingerprint density at radius 2 is 2.29 bits per heavy atom. The largest absolute Gasteiger partial charge is 0.464 e. The number of thiophene rings is 1. The maximum atomic E-state index is 11.6. The third-order valence-corrected chi connectivity index (χ3v) is 2.97. The molecule has 5 heteroatoms. The first-order chi connectivity index (χ1) is 8.13. The summed E-state index contributed by atoms with van der Waals surface area (Å²) in [5.74, 6) is -0.542. The van der Waals surface area contributed by atoms with E-state index in [0.717, 1.165) is 11.3 Å². The molecule has 0 aliphatic carbocycles. The fraction of sp³-hybridized carbons (Fsp3) is 0.500. The Labute approximate surface area is 105 Å². The van der Waals surface area contributed by atoms with Gasteiger partial charge < -0.3 is 10.1 Å². The van der Waals surface area contributed by atoms with E-state index in [1.54, 1.807) is 6.92 Å². The highest BCUT2D eigenvalue weighted by Crippen LogP contribution is 2.08. The first-order valence-corrected chi connectivity index (χ1v) is 6.49. The lowest BCUT2D eigenvalue weighted by atomic mass is 10.3. The van der Waals surface area contributed by atoms with Crippen LogP contribution in [0.1, 0.15) is 25.1 Å². The summed E-state index contributed by atoms with van der Waals surface area (Å²) in [6.07, 6.45) is 1.09. The van der Waals surface area contributed by atoms with Crippen LogP contribution in [0.5, 0.6) is 0 Å². The molecule has 0 aliphatic heterocycles. The van der Waals surface area contributed by atoms with Gasteiger partial charge in [0, 0.05) is 4.88 Å². The normalized spacial score (nSPS) is 11.9. The summed E-state index contributed by atoms with van der Waals surface area (Å²) >= 11 is 1.52. The number of carbonyl (C=O) groups is 2. The maximum Gasteiger partial charge on any atom is 0.328 e. The molecule has 1 amide bonds. The number of amides is 1. The van der Waals surface area contributed by atoms with Crippen molar-refractivity contribution in [3.8, 4) is 0 Å². The Balaban J connectivity index is 2.32. The Hall–Kier alpha value is -1.36. The van der Waals surface area contributed by atoms with Crippen LogP contribution in [-0.2, 0) is 20.7 Å². The molecule has 0 aliphatic rings. The van der Waals surface area contributed by atoms with Crippen LogP contribution in [0.15, 0.2) is 17.5 Å². The highest BCUT2D eigenvalue weighted by atomic mass is 32.1. The number of ether oxygens (including phenoxy) is 1. The van der Waals surface area contributed by atoms with Gasteiger partial charge in [0.2, 0.25) is 5.91 Å². The minimum Gasteiger partial charge on any atom is -0.464 e. The van der Waals surface area contributed by atoms with Crippen LogP contribution in [0.2, 0.25) is 0 Å². The lowest BCUT2D eigenvalue weighted by molar-refractivity contribution is -0.147. The summed E-state index contributed by atoms with van der Waals surface area (Å²) in [5.41, 5.74) is 0.